The number of carbonyl (C=O) groups is 1. The van der Waals surface area contributed by atoms with E-state index in [1.165, 1.54) is 0 Å². The molecule has 0 aromatic heterocycles. The van der Waals surface area contributed by atoms with E-state index in [2.05, 4.69) is 4.18 Å². The molecule has 0 spiro atoms. The third-order valence-electron chi connectivity index (χ3n) is 2.38. The van der Waals surface area contributed by atoms with Crippen molar-refractivity contribution < 1.29 is 45.1 Å². The summed E-state index contributed by atoms with van der Waals surface area (Å²) in [4.78, 5) is 10.5. The molecule has 1 rings (SSSR count). The number of halogens is 3. The zero-order valence-corrected chi connectivity index (χ0v) is 12.6. The first kappa shape index (κ1) is 18.6. The lowest BCUT2D eigenvalue weighted by Crippen LogP contribution is -2.28. The van der Waals surface area contributed by atoms with Crippen LogP contribution in [0.1, 0.15) is 5.56 Å². The second-order valence-corrected chi connectivity index (χ2v) is 5.45. The monoisotopic (exact) mass is 356 g/mol. The number of hydrogen-bond acceptors (Lipinski definition) is 6. The molecular weight excluding hydrogens is 345 g/mol. The summed E-state index contributed by atoms with van der Waals surface area (Å²) in [6.07, 6.45) is 1.87. The molecule has 0 fully saturated rings. The van der Waals surface area contributed by atoms with Gasteiger partial charge in [-0.2, -0.15) is 21.6 Å². The Hall–Kier alpha value is -2.43. The number of alkyl halides is 3. The summed E-state index contributed by atoms with van der Waals surface area (Å²) in [6, 6.07) is 2.17. The average molecular weight is 356 g/mol. The maximum Gasteiger partial charge on any atom is 0.534 e. The number of benzene rings is 1. The molecule has 0 saturated heterocycles. The quantitative estimate of drug-likeness (QED) is 0.473. The minimum Gasteiger partial charge on any atom is -0.493 e. The highest BCUT2D eigenvalue weighted by Crippen LogP contribution is 2.41. The van der Waals surface area contributed by atoms with Crippen molar-refractivity contribution in [1.82, 2.24) is 0 Å². The number of carboxylic acids is 1. The van der Waals surface area contributed by atoms with Crippen LogP contribution < -0.4 is 13.7 Å². The van der Waals surface area contributed by atoms with E-state index in [-0.39, 0.29) is 17.1 Å². The first-order chi connectivity index (χ1) is 10.5. The zero-order chi connectivity index (χ0) is 17.8. The SMILES string of the molecule is COc1cc(/C=C/C(=O)O)cc(OC)c1OS(=O)(=O)C(F)(F)F. The molecule has 1 aromatic rings. The van der Waals surface area contributed by atoms with Crippen LogP contribution in [0.3, 0.4) is 0 Å². The highest BCUT2D eigenvalue weighted by Gasteiger charge is 2.49. The molecule has 23 heavy (non-hydrogen) atoms. The highest BCUT2D eigenvalue weighted by atomic mass is 32.2. The van der Waals surface area contributed by atoms with Crippen molar-refractivity contribution in [3.05, 3.63) is 23.8 Å². The van der Waals surface area contributed by atoms with Crippen LogP contribution in [0.15, 0.2) is 18.2 Å². The molecule has 0 aliphatic rings. The Labute approximate surface area is 129 Å². The van der Waals surface area contributed by atoms with Crippen molar-refractivity contribution in [2.45, 2.75) is 5.51 Å². The topological polar surface area (TPSA) is 99.1 Å². The molecule has 0 saturated carbocycles. The van der Waals surface area contributed by atoms with Crippen molar-refractivity contribution in [2.75, 3.05) is 14.2 Å². The van der Waals surface area contributed by atoms with Gasteiger partial charge in [0.25, 0.3) is 0 Å². The molecule has 1 aromatic carbocycles. The second-order valence-electron chi connectivity index (χ2n) is 3.91. The predicted molar refractivity (Wildman–Crippen MR) is 71.8 cm³/mol. The van der Waals surface area contributed by atoms with E-state index in [4.69, 9.17) is 14.6 Å². The molecule has 0 radical (unpaired) electrons. The molecular formula is C12H11F3O7S. The van der Waals surface area contributed by atoms with E-state index < -0.39 is 27.3 Å². The van der Waals surface area contributed by atoms with Gasteiger partial charge in [-0.25, -0.2) is 4.79 Å². The number of ether oxygens (including phenoxy) is 2. The van der Waals surface area contributed by atoms with Gasteiger partial charge in [-0.15, -0.1) is 0 Å². The number of hydrogen-bond donors (Lipinski definition) is 1. The highest BCUT2D eigenvalue weighted by molar-refractivity contribution is 7.88. The molecule has 1 N–H and O–H groups in total. The summed E-state index contributed by atoms with van der Waals surface area (Å²) in [5, 5.41) is 8.55. The van der Waals surface area contributed by atoms with Gasteiger partial charge in [0.1, 0.15) is 0 Å². The van der Waals surface area contributed by atoms with E-state index in [1.54, 1.807) is 0 Å². The molecule has 0 amide bonds. The molecule has 0 bridgehead atoms. The maximum atomic E-state index is 12.4. The molecule has 0 heterocycles. The van der Waals surface area contributed by atoms with Gasteiger partial charge in [0.05, 0.1) is 14.2 Å². The van der Waals surface area contributed by atoms with Crippen molar-refractivity contribution in [1.29, 1.82) is 0 Å². The van der Waals surface area contributed by atoms with Gasteiger partial charge in [0, 0.05) is 6.08 Å². The molecule has 11 heteroatoms. The van der Waals surface area contributed by atoms with Gasteiger partial charge in [-0.05, 0) is 23.8 Å². The Morgan fingerprint density at radius 2 is 1.65 bits per heavy atom. The number of carboxylic acid groups (broad SMARTS) is 1. The molecule has 0 aliphatic carbocycles. The van der Waals surface area contributed by atoms with Gasteiger partial charge in [-0.3, -0.25) is 0 Å². The summed E-state index contributed by atoms with van der Waals surface area (Å²) in [5.41, 5.74) is -5.46. The lowest BCUT2D eigenvalue weighted by atomic mass is 10.1. The summed E-state index contributed by atoms with van der Waals surface area (Å²) < 4.78 is 73.0. The van der Waals surface area contributed by atoms with Gasteiger partial charge >= 0.3 is 21.6 Å². The Kier molecular flexibility index (Phi) is 5.48. The second kappa shape index (κ2) is 6.77. The smallest absolute Gasteiger partial charge is 0.493 e. The minimum atomic E-state index is -5.93. The fraction of sp³-hybridized carbons (Fsp3) is 0.250. The largest absolute Gasteiger partial charge is 0.534 e. The number of rotatable bonds is 6. The Bertz CT molecular complexity index is 698. The lowest BCUT2D eigenvalue weighted by molar-refractivity contribution is -0.131. The van der Waals surface area contributed by atoms with Crippen molar-refractivity contribution in [2.24, 2.45) is 0 Å². The van der Waals surface area contributed by atoms with E-state index in [9.17, 15) is 26.4 Å². The predicted octanol–water partition coefficient (Wildman–Crippen LogP) is 2.03. The van der Waals surface area contributed by atoms with Crippen LogP contribution in [0.5, 0.6) is 17.2 Å². The third kappa shape index (κ3) is 4.52. The fourth-order valence-electron chi connectivity index (χ4n) is 1.40. The lowest BCUT2D eigenvalue weighted by Gasteiger charge is -2.15. The van der Waals surface area contributed by atoms with E-state index in [0.717, 1.165) is 38.5 Å². The molecule has 0 atom stereocenters. The van der Waals surface area contributed by atoms with Crippen LogP contribution in [0, 0.1) is 0 Å². The summed E-state index contributed by atoms with van der Waals surface area (Å²) in [6.45, 7) is 0. The first-order valence-electron chi connectivity index (χ1n) is 5.69. The summed E-state index contributed by atoms with van der Waals surface area (Å²) in [7, 11) is -3.80. The Morgan fingerprint density at radius 1 is 1.17 bits per heavy atom. The van der Waals surface area contributed by atoms with Crippen molar-refractivity contribution >= 4 is 22.2 Å². The number of aliphatic carboxylic acids is 1. The van der Waals surface area contributed by atoms with Crippen molar-refractivity contribution in [3.8, 4) is 17.2 Å². The number of methoxy groups -OCH3 is 2. The first-order valence-corrected chi connectivity index (χ1v) is 7.10. The zero-order valence-electron chi connectivity index (χ0n) is 11.7. The fourth-order valence-corrected chi connectivity index (χ4v) is 1.88. The minimum absolute atomic E-state index is 0.179. The molecule has 0 aliphatic heterocycles. The van der Waals surface area contributed by atoms with Crippen LogP contribution in [0.25, 0.3) is 6.08 Å². The maximum absolute atomic E-state index is 12.4. The van der Waals surface area contributed by atoms with Crippen LogP contribution in [0.4, 0.5) is 13.2 Å². The normalized spacial score (nSPS) is 12.2. The van der Waals surface area contributed by atoms with E-state index in [0.29, 0.717) is 0 Å². The summed E-state index contributed by atoms with van der Waals surface area (Å²) in [5.74, 6) is -2.84. The van der Waals surface area contributed by atoms with Crippen LogP contribution in [0.2, 0.25) is 0 Å². The van der Waals surface area contributed by atoms with E-state index in [1.807, 2.05) is 0 Å². The van der Waals surface area contributed by atoms with Crippen LogP contribution in [-0.2, 0) is 14.9 Å². The standard InChI is InChI=1S/C12H11F3O7S/c1-20-8-5-7(3-4-10(16)17)6-9(21-2)11(8)22-23(18,19)12(13,14)15/h3-6H,1-2H3,(H,16,17)/b4-3+. The van der Waals surface area contributed by atoms with Gasteiger partial charge < -0.3 is 18.8 Å². The van der Waals surface area contributed by atoms with Gasteiger partial charge in [0.15, 0.2) is 11.5 Å². The van der Waals surface area contributed by atoms with Gasteiger partial charge in [-0.1, -0.05) is 0 Å². The Morgan fingerprint density at radius 3 is 2.00 bits per heavy atom. The molecule has 128 valence electrons. The van der Waals surface area contributed by atoms with Crippen LogP contribution >= 0.6 is 0 Å². The van der Waals surface area contributed by atoms with E-state index >= 15 is 0 Å². The van der Waals surface area contributed by atoms with Gasteiger partial charge in [0.2, 0.25) is 5.75 Å². The summed E-state index contributed by atoms with van der Waals surface area (Å²) >= 11 is 0. The molecule has 7 nitrogen and oxygen atoms in total. The third-order valence-corrected chi connectivity index (χ3v) is 3.33. The average Bonchev–Trinajstić information content (AvgIpc) is 2.44. The molecule has 0 unspecified atom stereocenters. The van der Waals surface area contributed by atoms with Crippen molar-refractivity contribution in [3.63, 3.8) is 0 Å². The van der Waals surface area contributed by atoms with Crippen LogP contribution in [-0.4, -0.2) is 39.2 Å². The Balaban J connectivity index is 3.40.